The van der Waals surface area contributed by atoms with Crippen molar-refractivity contribution in [1.29, 1.82) is 0 Å². The molecule has 9 heavy (non-hydrogen) atoms. The highest BCUT2D eigenvalue weighted by Crippen LogP contribution is 2.25. The van der Waals surface area contributed by atoms with Crippen LogP contribution in [0.5, 0.6) is 0 Å². The van der Waals surface area contributed by atoms with Crippen LogP contribution in [0, 0.1) is 6.42 Å². The minimum Gasteiger partial charge on any atom is -0.306 e. The van der Waals surface area contributed by atoms with Crippen LogP contribution in [0.3, 0.4) is 0 Å². The van der Waals surface area contributed by atoms with E-state index in [2.05, 4.69) is 5.32 Å². The predicted octanol–water partition coefficient (Wildman–Crippen LogP) is 1.11. The molecule has 53 valence electrons. The smallest absolute Gasteiger partial charge is 0.306 e. The summed E-state index contributed by atoms with van der Waals surface area (Å²) in [5.74, 6) is 0. The van der Waals surface area contributed by atoms with Gasteiger partial charge in [-0.15, -0.1) is 0 Å². The summed E-state index contributed by atoms with van der Waals surface area (Å²) in [6, 6.07) is -1.36. The molecule has 1 saturated heterocycles. The molecular formula is C5H7F3N. The van der Waals surface area contributed by atoms with E-state index in [0.717, 1.165) is 0 Å². The molecule has 1 aliphatic heterocycles. The van der Waals surface area contributed by atoms with Gasteiger partial charge < -0.3 is 5.32 Å². The number of nitrogens with one attached hydrogen (secondary N) is 1. The quantitative estimate of drug-likeness (QED) is 0.528. The molecular weight excluding hydrogens is 131 g/mol. The third-order valence-electron chi connectivity index (χ3n) is 1.26. The molecule has 4 heteroatoms. The average molecular weight is 138 g/mol. The molecule has 0 saturated carbocycles. The third kappa shape index (κ3) is 1.58. The van der Waals surface area contributed by atoms with Crippen LogP contribution in [0.2, 0.25) is 0 Å². The second-order valence-electron chi connectivity index (χ2n) is 2.00. The highest BCUT2D eigenvalue weighted by atomic mass is 19.4. The summed E-state index contributed by atoms with van der Waals surface area (Å²) in [6.45, 7) is 0.449. The Morgan fingerprint density at radius 2 is 2.11 bits per heavy atom. The summed E-state index contributed by atoms with van der Waals surface area (Å²) in [4.78, 5) is 0. The molecule has 1 aliphatic rings. The summed E-state index contributed by atoms with van der Waals surface area (Å²) in [7, 11) is 0. The lowest BCUT2D eigenvalue weighted by Crippen LogP contribution is -2.37. The van der Waals surface area contributed by atoms with Crippen molar-refractivity contribution in [1.82, 2.24) is 5.32 Å². The molecule has 1 heterocycles. The molecule has 1 radical (unpaired) electrons. The lowest BCUT2D eigenvalue weighted by Gasteiger charge is -2.12. The Bertz CT molecular complexity index is 92.9. The number of hydrogen-bond donors (Lipinski definition) is 1. The van der Waals surface area contributed by atoms with Crippen LogP contribution in [-0.2, 0) is 0 Å². The van der Waals surface area contributed by atoms with Gasteiger partial charge in [-0.1, -0.05) is 0 Å². The zero-order valence-corrected chi connectivity index (χ0v) is 4.70. The molecule has 1 unspecified atom stereocenters. The molecule has 0 aromatic carbocycles. The number of halogens is 3. The minimum atomic E-state index is -4.09. The fraction of sp³-hybridized carbons (Fsp3) is 0.800. The lowest BCUT2D eigenvalue weighted by atomic mass is 10.2. The first kappa shape index (κ1) is 6.86. The monoisotopic (exact) mass is 138 g/mol. The van der Waals surface area contributed by atoms with Crippen LogP contribution in [0.25, 0.3) is 0 Å². The van der Waals surface area contributed by atoms with E-state index < -0.39 is 12.2 Å². The van der Waals surface area contributed by atoms with Gasteiger partial charge in [0.05, 0.1) is 0 Å². The Kier molecular flexibility index (Phi) is 1.66. The van der Waals surface area contributed by atoms with Crippen molar-refractivity contribution in [3.05, 3.63) is 6.42 Å². The van der Waals surface area contributed by atoms with E-state index in [4.69, 9.17) is 0 Å². The van der Waals surface area contributed by atoms with Gasteiger partial charge in [0.25, 0.3) is 0 Å². The van der Waals surface area contributed by atoms with Crippen molar-refractivity contribution in [3.63, 3.8) is 0 Å². The highest BCUT2D eigenvalue weighted by molar-refractivity contribution is 4.94. The van der Waals surface area contributed by atoms with Gasteiger partial charge in [-0.3, -0.25) is 0 Å². The maximum atomic E-state index is 11.7. The number of hydrogen-bond acceptors (Lipinski definition) is 1. The van der Waals surface area contributed by atoms with Gasteiger partial charge in [-0.2, -0.15) is 13.2 Å². The minimum absolute atomic E-state index is 0.449. The van der Waals surface area contributed by atoms with Crippen molar-refractivity contribution < 1.29 is 13.2 Å². The molecule has 0 aliphatic carbocycles. The summed E-state index contributed by atoms with van der Waals surface area (Å²) in [5, 5.41) is 2.32. The normalized spacial score (nSPS) is 29.0. The van der Waals surface area contributed by atoms with Gasteiger partial charge in [0.1, 0.15) is 6.04 Å². The van der Waals surface area contributed by atoms with E-state index in [1.807, 2.05) is 0 Å². The summed E-state index contributed by atoms with van der Waals surface area (Å²) in [5.41, 5.74) is 0. The SMILES string of the molecule is FC(F)(F)C1[CH]CCN1. The van der Waals surface area contributed by atoms with E-state index in [1.54, 1.807) is 0 Å². The van der Waals surface area contributed by atoms with Gasteiger partial charge >= 0.3 is 6.18 Å². The third-order valence-corrected chi connectivity index (χ3v) is 1.26. The first-order chi connectivity index (χ1) is 4.11. The largest absolute Gasteiger partial charge is 0.404 e. The van der Waals surface area contributed by atoms with Crippen LogP contribution >= 0.6 is 0 Å². The van der Waals surface area contributed by atoms with E-state index in [0.29, 0.717) is 13.0 Å². The van der Waals surface area contributed by atoms with Gasteiger partial charge in [0.15, 0.2) is 0 Å². The van der Waals surface area contributed by atoms with Crippen molar-refractivity contribution in [2.75, 3.05) is 6.54 Å². The van der Waals surface area contributed by atoms with Crippen LogP contribution in [0.4, 0.5) is 13.2 Å². The van der Waals surface area contributed by atoms with Crippen molar-refractivity contribution in [2.24, 2.45) is 0 Å². The lowest BCUT2D eigenvalue weighted by molar-refractivity contribution is -0.144. The molecule has 1 rings (SSSR count). The fourth-order valence-corrected chi connectivity index (χ4v) is 0.822. The Morgan fingerprint density at radius 3 is 2.33 bits per heavy atom. The molecule has 0 aromatic heterocycles. The molecule has 1 N–H and O–H groups in total. The molecule has 1 nitrogen and oxygen atoms in total. The van der Waals surface area contributed by atoms with E-state index in [9.17, 15) is 13.2 Å². The molecule has 0 aromatic rings. The molecule has 0 amide bonds. The standard InChI is InChI=1S/C5H7F3N/c6-5(7,8)4-2-1-3-9-4/h2,4,9H,1,3H2. The Hall–Kier alpha value is -0.250. The van der Waals surface area contributed by atoms with E-state index >= 15 is 0 Å². The summed E-state index contributed by atoms with van der Waals surface area (Å²) < 4.78 is 35.0. The Labute approximate surface area is 51.2 Å². The second kappa shape index (κ2) is 2.17. The molecule has 1 fully saturated rings. The predicted molar refractivity (Wildman–Crippen MR) is 26.8 cm³/mol. The summed E-state index contributed by atoms with van der Waals surface area (Å²) >= 11 is 0. The maximum absolute atomic E-state index is 11.7. The van der Waals surface area contributed by atoms with Gasteiger partial charge in [-0.25, -0.2) is 0 Å². The Morgan fingerprint density at radius 1 is 1.44 bits per heavy atom. The average Bonchev–Trinajstić information content (AvgIpc) is 2.08. The first-order valence-corrected chi connectivity index (χ1v) is 2.74. The van der Waals surface area contributed by atoms with Crippen molar-refractivity contribution in [2.45, 2.75) is 18.6 Å². The van der Waals surface area contributed by atoms with Crippen LogP contribution in [0.1, 0.15) is 6.42 Å². The number of alkyl halides is 3. The highest BCUT2D eigenvalue weighted by Gasteiger charge is 2.40. The zero-order valence-electron chi connectivity index (χ0n) is 4.70. The molecule has 1 atom stereocenters. The second-order valence-corrected chi connectivity index (χ2v) is 2.00. The molecule has 0 bridgehead atoms. The Balaban J connectivity index is 2.42. The van der Waals surface area contributed by atoms with Gasteiger partial charge in [0.2, 0.25) is 0 Å². The van der Waals surface area contributed by atoms with Crippen LogP contribution < -0.4 is 5.32 Å². The summed E-state index contributed by atoms with van der Waals surface area (Å²) in [6.07, 6.45) is -2.32. The van der Waals surface area contributed by atoms with E-state index in [1.165, 1.54) is 6.42 Å². The van der Waals surface area contributed by atoms with Gasteiger partial charge in [-0.05, 0) is 19.4 Å². The van der Waals surface area contributed by atoms with Crippen molar-refractivity contribution in [3.8, 4) is 0 Å². The van der Waals surface area contributed by atoms with Crippen LogP contribution in [-0.4, -0.2) is 18.8 Å². The van der Waals surface area contributed by atoms with Gasteiger partial charge in [0, 0.05) is 0 Å². The van der Waals surface area contributed by atoms with Crippen molar-refractivity contribution >= 4 is 0 Å². The first-order valence-electron chi connectivity index (χ1n) is 2.74. The molecule has 0 spiro atoms. The maximum Gasteiger partial charge on any atom is 0.404 e. The van der Waals surface area contributed by atoms with Crippen LogP contribution in [0.15, 0.2) is 0 Å². The van der Waals surface area contributed by atoms with E-state index in [-0.39, 0.29) is 0 Å². The zero-order chi connectivity index (χ0) is 6.91. The fourth-order valence-electron chi connectivity index (χ4n) is 0.822. The topological polar surface area (TPSA) is 12.0 Å². The number of rotatable bonds is 0.